The molecule has 3 rings (SSSR count). The second-order valence-electron chi connectivity index (χ2n) is 4.20. The first-order valence-electron chi connectivity index (χ1n) is 6.05. The Morgan fingerprint density at radius 1 is 0.895 bits per heavy atom. The van der Waals surface area contributed by atoms with Crippen molar-refractivity contribution in [3.8, 4) is 0 Å². The quantitative estimate of drug-likeness (QED) is 0.708. The van der Waals surface area contributed by atoms with Crippen LogP contribution in [0.25, 0.3) is 10.8 Å². The summed E-state index contributed by atoms with van der Waals surface area (Å²) in [6.45, 7) is 0. The van der Waals surface area contributed by atoms with E-state index in [0.717, 1.165) is 22.2 Å². The predicted molar refractivity (Wildman–Crippen MR) is 83.5 cm³/mol. The van der Waals surface area contributed by atoms with Crippen molar-refractivity contribution >= 4 is 33.7 Å². The second-order valence-corrected chi connectivity index (χ2v) is 4.61. The topological polar surface area (TPSA) is 24.9 Å². The van der Waals surface area contributed by atoms with Gasteiger partial charge in [0.15, 0.2) is 0 Å². The van der Waals surface area contributed by atoms with E-state index in [2.05, 4.69) is 16.4 Å². The molecule has 1 N–H and O–H groups in total. The summed E-state index contributed by atoms with van der Waals surface area (Å²) in [6.07, 6.45) is 1.79. The Hall–Kier alpha value is -2.26. The fourth-order valence-corrected chi connectivity index (χ4v) is 2.29. The van der Waals surface area contributed by atoms with Gasteiger partial charge in [-0.15, -0.1) is 0 Å². The van der Waals surface area contributed by atoms with E-state index in [0.29, 0.717) is 4.99 Å². The summed E-state index contributed by atoms with van der Waals surface area (Å²) in [5.74, 6) is 0. The number of fused-ring (bicyclic) bond motifs is 1. The number of hydrogen-bond donors (Lipinski definition) is 1. The summed E-state index contributed by atoms with van der Waals surface area (Å²) >= 11 is 5.46. The minimum atomic E-state index is 0.642. The van der Waals surface area contributed by atoms with E-state index in [1.165, 1.54) is 0 Å². The smallest absolute Gasteiger partial charge is 0.130 e. The van der Waals surface area contributed by atoms with Gasteiger partial charge in [0.1, 0.15) is 10.7 Å². The Morgan fingerprint density at radius 3 is 2.47 bits per heavy atom. The lowest BCUT2D eigenvalue weighted by molar-refractivity contribution is 1.33. The number of nitrogens with zero attached hydrogens (tertiary/aromatic N) is 1. The third-order valence-corrected chi connectivity index (χ3v) is 3.22. The number of anilines is 1. The third kappa shape index (κ3) is 2.46. The molecule has 0 aliphatic carbocycles. The van der Waals surface area contributed by atoms with Gasteiger partial charge in [-0.2, -0.15) is 0 Å². The maximum Gasteiger partial charge on any atom is 0.130 e. The van der Waals surface area contributed by atoms with Crippen molar-refractivity contribution in [1.82, 2.24) is 4.98 Å². The Bertz CT molecular complexity index is 718. The number of para-hydroxylation sites is 1. The van der Waals surface area contributed by atoms with Gasteiger partial charge in [0, 0.05) is 17.3 Å². The van der Waals surface area contributed by atoms with Gasteiger partial charge >= 0.3 is 0 Å². The molecule has 0 spiro atoms. The third-order valence-electron chi connectivity index (χ3n) is 2.92. The van der Waals surface area contributed by atoms with E-state index in [4.69, 9.17) is 12.2 Å². The molecule has 19 heavy (non-hydrogen) atoms. The monoisotopic (exact) mass is 264 g/mol. The lowest BCUT2D eigenvalue weighted by atomic mass is 10.1. The summed E-state index contributed by atoms with van der Waals surface area (Å²) in [5, 5.41) is 5.43. The van der Waals surface area contributed by atoms with Gasteiger partial charge < -0.3 is 5.32 Å². The van der Waals surface area contributed by atoms with Crippen molar-refractivity contribution in [2.24, 2.45) is 0 Å². The molecule has 3 heteroatoms. The highest BCUT2D eigenvalue weighted by Gasteiger charge is 2.07. The maximum absolute atomic E-state index is 5.46. The van der Waals surface area contributed by atoms with Gasteiger partial charge in [0.05, 0.1) is 0 Å². The van der Waals surface area contributed by atoms with Crippen molar-refractivity contribution in [3.63, 3.8) is 0 Å². The molecule has 0 aliphatic rings. The maximum atomic E-state index is 5.46. The SMILES string of the molecule is S=C(Nc1ccccc1)c1nccc2ccccc12. The Kier molecular flexibility index (Phi) is 3.21. The lowest BCUT2D eigenvalue weighted by Gasteiger charge is -2.09. The first-order valence-corrected chi connectivity index (χ1v) is 6.45. The minimum Gasteiger partial charge on any atom is -0.345 e. The number of rotatable bonds is 2. The Morgan fingerprint density at radius 2 is 1.63 bits per heavy atom. The van der Waals surface area contributed by atoms with Crippen LogP contribution in [0.2, 0.25) is 0 Å². The van der Waals surface area contributed by atoms with Crippen LogP contribution in [0.15, 0.2) is 66.9 Å². The van der Waals surface area contributed by atoms with Crippen LogP contribution >= 0.6 is 12.2 Å². The van der Waals surface area contributed by atoms with Gasteiger partial charge in [0.25, 0.3) is 0 Å². The van der Waals surface area contributed by atoms with Crippen molar-refractivity contribution in [2.75, 3.05) is 5.32 Å². The first kappa shape index (κ1) is 11.8. The summed E-state index contributed by atoms with van der Waals surface area (Å²) in [7, 11) is 0. The van der Waals surface area contributed by atoms with E-state index >= 15 is 0 Å². The van der Waals surface area contributed by atoms with Crippen LogP contribution in [0.5, 0.6) is 0 Å². The zero-order valence-corrected chi connectivity index (χ0v) is 11.0. The number of benzene rings is 2. The van der Waals surface area contributed by atoms with E-state index in [-0.39, 0.29) is 0 Å². The number of hydrogen-bond acceptors (Lipinski definition) is 2. The van der Waals surface area contributed by atoms with Crippen molar-refractivity contribution in [1.29, 1.82) is 0 Å². The molecule has 0 fully saturated rings. The predicted octanol–water partition coefficient (Wildman–Crippen LogP) is 4.02. The van der Waals surface area contributed by atoms with Crippen LogP contribution in [-0.2, 0) is 0 Å². The lowest BCUT2D eigenvalue weighted by Crippen LogP contribution is -2.12. The van der Waals surface area contributed by atoms with Gasteiger partial charge in [-0.25, -0.2) is 0 Å². The molecule has 2 aromatic carbocycles. The van der Waals surface area contributed by atoms with Crippen LogP contribution < -0.4 is 5.32 Å². The van der Waals surface area contributed by atoms with Crippen LogP contribution in [0.4, 0.5) is 5.69 Å². The molecule has 1 heterocycles. The van der Waals surface area contributed by atoms with Crippen LogP contribution in [0.3, 0.4) is 0 Å². The van der Waals surface area contributed by atoms with Crippen molar-refractivity contribution in [3.05, 3.63) is 72.6 Å². The minimum absolute atomic E-state index is 0.642. The van der Waals surface area contributed by atoms with E-state index in [9.17, 15) is 0 Å². The molecule has 0 radical (unpaired) electrons. The van der Waals surface area contributed by atoms with Gasteiger partial charge in [-0.1, -0.05) is 54.7 Å². The Labute approximate surface area is 117 Å². The summed E-state index contributed by atoms with van der Waals surface area (Å²) in [5.41, 5.74) is 1.79. The molecule has 0 bridgehead atoms. The molecule has 0 saturated heterocycles. The second kappa shape index (κ2) is 5.16. The fourth-order valence-electron chi connectivity index (χ4n) is 2.01. The zero-order chi connectivity index (χ0) is 13.1. The van der Waals surface area contributed by atoms with Crippen molar-refractivity contribution < 1.29 is 0 Å². The standard InChI is InChI=1S/C16H12N2S/c19-16(18-13-7-2-1-3-8-13)15-14-9-5-4-6-12(14)10-11-17-15/h1-11H,(H,18,19). The van der Waals surface area contributed by atoms with Crippen molar-refractivity contribution in [2.45, 2.75) is 0 Å². The number of aromatic nitrogens is 1. The average molecular weight is 264 g/mol. The largest absolute Gasteiger partial charge is 0.345 e. The zero-order valence-electron chi connectivity index (χ0n) is 10.2. The van der Waals surface area contributed by atoms with E-state index in [1.807, 2.05) is 54.6 Å². The first-order chi connectivity index (χ1) is 9.34. The highest BCUT2D eigenvalue weighted by molar-refractivity contribution is 7.81. The molecule has 0 aliphatic heterocycles. The number of nitrogens with one attached hydrogen (secondary N) is 1. The van der Waals surface area contributed by atoms with Gasteiger partial charge in [-0.3, -0.25) is 4.98 Å². The molecule has 0 atom stereocenters. The molecule has 2 nitrogen and oxygen atoms in total. The molecule has 0 saturated carbocycles. The fraction of sp³-hybridized carbons (Fsp3) is 0. The molecule has 1 aromatic heterocycles. The molecule has 0 amide bonds. The van der Waals surface area contributed by atoms with E-state index in [1.54, 1.807) is 6.20 Å². The molecular weight excluding hydrogens is 252 g/mol. The van der Waals surface area contributed by atoms with Crippen LogP contribution in [0, 0.1) is 0 Å². The average Bonchev–Trinajstić information content (AvgIpc) is 2.47. The number of thiocarbonyl (C=S) groups is 1. The number of pyridine rings is 1. The van der Waals surface area contributed by atoms with Crippen LogP contribution in [-0.4, -0.2) is 9.97 Å². The molecule has 0 unspecified atom stereocenters. The summed E-state index contributed by atoms with van der Waals surface area (Å²) in [4.78, 5) is 5.04. The Balaban J connectivity index is 1.98. The molecular formula is C16H12N2S. The molecule has 3 aromatic rings. The van der Waals surface area contributed by atoms with E-state index < -0.39 is 0 Å². The highest BCUT2D eigenvalue weighted by atomic mass is 32.1. The summed E-state index contributed by atoms with van der Waals surface area (Å²) in [6, 6.07) is 20.0. The summed E-state index contributed by atoms with van der Waals surface area (Å²) < 4.78 is 0. The van der Waals surface area contributed by atoms with Gasteiger partial charge in [-0.05, 0) is 23.6 Å². The highest BCUT2D eigenvalue weighted by Crippen LogP contribution is 2.18. The molecule has 92 valence electrons. The normalized spacial score (nSPS) is 10.3. The van der Waals surface area contributed by atoms with Gasteiger partial charge in [0.2, 0.25) is 0 Å². The van der Waals surface area contributed by atoms with Crippen LogP contribution in [0.1, 0.15) is 5.69 Å².